The lowest BCUT2D eigenvalue weighted by molar-refractivity contribution is 0.318. The number of oxime groups is 1. The van der Waals surface area contributed by atoms with Gasteiger partial charge in [-0.05, 0) is 30.3 Å². The maximum absolute atomic E-state index is 13.2. The molecule has 2 rings (SSSR count). The van der Waals surface area contributed by atoms with Crippen LogP contribution in [-0.4, -0.2) is 11.0 Å². The first-order chi connectivity index (χ1) is 9.51. The highest BCUT2D eigenvalue weighted by molar-refractivity contribution is 6.30. The lowest BCUT2D eigenvalue weighted by Crippen LogP contribution is -2.14. The van der Waals surface area contributed by atoms with Crippen molar-refractivity contribution < 1.29 is 18.7 Å². The van der Waals surface area contributed by atoms with Crippen LogP contribution in [0.25, 0.3) is 0 Å². The zero-order valence-corrected chi connectivity index (χ0v) is 10.7. The fourth-order valence-corrected chi connectivity index (χ4v) is 1.68. The van der Waals surface area contributed by atoms with E-state index < -0.39 is 11.6 Å². The molecule has 0 aliphatic carbocycles. The molecule has 104 valence electrons. The maximum Gasteiger partial charge on any atom is 0.173 e. The topological polar surface area (TPSA) is 67.8 Å². The van der Waals surface area contributed by atoms with Crippen LogP contribution in [0.2, 0.25) is 5.02 Å². The fraction of sp³-hybridized carbons (Fsp3) is 0. The Kier molecular flexibility index (Phi) is 4.05. The van der Waals surface area contributed by atoms with Crippen LogP contribution >= 0.6 is 11.6 Å². The number of amidine groups is 1. The molecule has 7 heteroatoms. The van der Waals surface area contributed by atoms with Gasteiger partial charge in [0, 0.05) is 6.07 Å². The monoisotopic (exact) mass is 298 g/mol. The zero-order valence-electron chi connectivity index (χ0n) is 9.98. The Labute approximate surface area is 118 Å². The van der Waals surface area contributed by atoms with Gasteiger partial charge in [0.1, 0.15) is 23.1 Å². The molecule has 0 atom stereocenters. The molecule has 0 bridgehead atoms. The molecule has 0 spiro atoms. The smallest absolute Gasteiger partial charge is 0.173 e. The largest absolute Gasteiger partial charge is 0.457 e. The Balaban J connectivity index is 2.40. The third-order valence-electron chi connectivity index (χ3n) is 2.44. The summed E-state index contributed by atoms with van der Waals surface area (Å²) in [4.78, 5) is 0. The van der Waals surface area contributed by atoms with Crippen LogP contribution < -0.4 is 10.5 Å². The van der Waals surface area contributed by atoms with Gasteiger partial charge in [0.25, 0.3) is 0 Å². The van der Waals surface area contributed by atoms with Gasteiger partial charge >= 0.3 is 0 Å². The van der Waals surface area contributed by atoms with Crippen molar-refractivity contribution in [3.63, 3.8) is 0 Å². The highest BCUT2D eigenvalue weighted by Crippen LogP contribution is 2.28. The average Bonchev–Trinajstić information content (AvgIpc) is 2.44. The number of benzene rings is 2. The minimum atomic E-state index is -0.588. The van der Waals surface area contributed by atoms with Gasteiger partial charge in [0.15, 0.2) is 5.84 Å². The van der Waals surface area contributed by atoms with Crippen LogP contribution in [0.1, 0.15) is 5.56 Å². The predicted molar refractivity (Wildman–Crippen MR) is 70.4 cm³/mol. The first-order valence-electron chi connectivity index (χ1n) is 5.41. The maximum atomic E-state index is 13.2. The molecule has 0 radical (unpaired) electrons. The van der Waals surface area contributed by atoms with E-state index in [1.54, 1.807) is 0 Å². The lowest BCUT2D eigenvalue weighted by atomic mass is 10.2. The average molecular weight is 299 g/mol. The van der Waals surface area contributed by atoms with Crippen molar-refractivity contribution >= 4 is 17.4 Å². The van der Waals surface area contributed by atoms with Crippen molar-refractivity contribution in [3.05, 3.63) is 58.6 Å². The van der Waals surface area contributed by atoms with Crippen molar-refractivity contribution in [2.24, 2.45) is 10.9 Å². The summed E-state index contributed by atoms with van der Waals surface area (Å²) < 4.78 is 31.7. The first kappa shape index (κ1) is 14.1. The molecule has 0 saturated heterocycles. The summed E-state index contributed by atoms with van der Waals surface area (Å²) in [6, 6.07) is 7.24. The minimum Gasteiger partial charge on any atom is -0.457 e. The number of hydrogen-bond acceptors (Lipinski definition) is 3. The minimum absolute atomic E-state index is 0.0629. The van der Waals surface area contributed by atoms with Crippen LogP contribution in [0.3, 0.4) is 0 Å². The van der Waals surface area contributed by atoms with Gasteiger partial charge in [0.2, 0.25) is 0 Å². The van der Waals surface area contributed by atoms with Crippen molar-refractivity contribution in [1.82, 2.24) is 0 Å². The number of nitrogens with zero attached hydrogens (tertiary/aromatic N) is 1. The van der Waals surface area contributed by atoms with E-state index in [-0.39, 0.29) is 27.9 Å². The molecule has 0 heterocycles. The predicted octanol–water partition coefficient (Wildman–Crippen LogP) is 3.51. The number of halogens is 3. The number of nitrogens with two attached hydrogens (primary N) is 1. The summed E-state index contributed by atoms with van der Waals surface area (Å²) in [6.07, 6.45) is 0. The number of hydrogen-bond donors (Lipinski definition) is 2. The van der Waals surface area contributed by atoms with E-state index in [9.17, 15) is 8.78 Å². The highest BCUT2D eigenvalue weighted by Gasteiger charge is 2.12. The molecular weight excluding hydrogens is 290 g/mol. The summed E-state index contributed by atoms with van der Waals surface area (Å²) in [5.41, 5.74) is 5.50. The third-order valence-corrected chi connectivity index (χ3v) is 2.73. The van der Waals surface area contributed by atoms with Gasteiger partial charge in [-0.1, -0.05) is 16.8 Å². The number of rotatable bonds is 3. The summed E-state index contributed by atoms with van der Waals surface area (Å²) >= 11 is 5.63. The van der Waals surface area contributed by atoms with E-state index in [0.29, 0.717) is 0 Å². The Morgan fingerprint density at radius 1 is 1.20 bits per heavy atom. The molecule has 0 fully saturated rings. The summed E-state index contributed by atoms with van der Waals surface area (Å²) in [6.45, 7) is 0. The molecule has 2 aromatic carbocycles. The molecule has 2 aromatic rings. The van der Waals surface area contributed by atoms with E-state index in [0.717, 1.165) is 18.2 Å². The SMILES string of the molecule is NC(=NO)c1cc(F)ccc1Oc1ccc(F)c(Cl)c1. The molecule has 0 unspecified atom stereocenters. The third kappa shape index (κ3) is 2.97. The normalized spacial score (nSPS) is 11.4. The molecule has 4 nitrogen and oxygen atoms in total. The summed E-state index contributed by atoms with van der Waals surface area (Å²) in [7, 11) is 0. The summed E-state index contributed by atoms with van der Waals surface area (Å²) in [5.74, 6) is -1.10. The first-order valence-corrected chi connectivity index (χ1v) is 5.79. The van der Waals surface area contributed by atoms with Gasteiger partial charge in [-0.2, -0.15) is 0 Å². The van der Waals surface area contributed by atoms with E-state index in [1.807, 2.05) is 0 Å². The Morgan fingerprint density at radius 3 is 2.60 bits per heavy atom. The van der Waals surface area contributed by atoms with Crippen LogP contribution in [0.15, 0.2) is 41.6 Å². The van der Waals surface area contributed by atoms with Crippen molar-refractivity contribution in [3.8, 4) is 11.5 Å². The van der Waals surface area contributed by atoms with Crippen molar-refractivity contribution in [1.29, 1.82) is 0 Å². The molecule has 0 aliphatic heterocycles. The van der Waals surface area contributed by atoms with Crippen molar-refractivity contribution in [2.45, 2.75) is 0 Å². The van der Waals surface area contributed by atoms with Crippen LogP contribution in [0.4, 0.5) is 8.78 Å². The molecule has 3 N–H and O–H groups in total. The second-order valence-electron chi connectivity index (χ2n) is 3.80. The van der Waals surface area contributed by atoms with Gasteiger partial charge in [-0.3, -0.25) is 0 Å². The van der Waals surface area contributed by atoms with Crippen LogP contribution in [0, 0.1) is 11.6 Å². The lowest BCUT2D eigenvalue weighted by Gasteiger charge is -2.10. The zero-order chi connectivity index (χ0) is 14.7. The molecule has 0 aromatic heterocycles. The van der Waals surface area contributed by atoms with Gasteiger partial charge < -0.3 is 15.7 Å². The van der Waals surface area contributed by atoms with Crippen LogP contribution in [0.5, 0.6) is 11.5 Å². The van der Waals surface area contributed by atoms with Gasteiger partial charge in [-0.25, -0.2) is 8.78 Å². The van der Waals surface area contributed by atoms with Gasteiger partial charge in [0.05, 0.1) is 10.6 Å². The Hall–Kier alpha value is -2.34. The fourth-order valence-electron chi connectivity index (χ4n) is 1.51. The molecule has 20 heavy (non-hydrogen) atoms. The molecule has 0 amide bonds. The van der Waals surface area contributed by atoms with E-state index in [4.69, 9.17) is 27.3 Å². The van der Waals surface area contributed by atoms with E-state index >= 15 is 0 Å². The van der Waals surface area contributed by atoms with Crippen LogP contribution in [-0.2, 0) is 0 Å². The van der Waals surface area contributed by atoms with E-state index in [2.05, 4.69) is 5.16 Å². The standard InChI is InChI=1S/C13H9ClF2N2O2/c14-10-6-8(2-3-11(10)16)20-12-4-1-7(15)5-9(12)13(17)18-19/h1-6,19H,(H2,17,18). The Morgan fingerprint density at radius 2 is 1.95 bits per heavy atom. The Bertz CT molecular complexity index is 677. The second kappa shape index (κ2) is 5.75. The van der Waals surface area contributed by atoms with E-state index in [1.165, 1.54) is 18.2 Å². The van der Waals surface area contributed by atoms with Gasteiger partial charge in [-0.15, -0.1) is 0 Å². The quantitative estimate of drug-likeness (QED) is 0.394. The highest BCUT2D eigenvalue weighted by atomic mass is 35.5. The molecule has 0 saturated carbocycles. The molecular formula is C13H9ClF2N2O2. The second-order valence-corrected chi connectivity index (χ2v) is 4.21. The molecule has 0 aliphatic rings. The van der Waals surface area contributed by atoms with Crippen molar-refractivity contribution in [2.75, 3.05) is 0 Å². The number of ether oxygens (including phenoxy) is 1. The summed E-state index contributed by atoms with van der Waals surface area (Å²) in [5, 5.41) is 11.3.